The average molecular weight is 340 g/mol. The van der Waals surface area contributed by atoms with E-state index in [4.69, 9.17) is 9.97 Å². The third-order valence-electron chi connectivity index (χ3n) is 3.96. The Morgan fingerprint density at radius 2 is 1.83 bits per heavy atom. The highest BCUT2D eigenvalue weighted by Gasteiger charge is 2.20. The van der Waals surface area contributed by atoms with Gasteiger partial charge < -0.3 is 5.32 Å². The van der Waals surface area contributed by atoms with Crippen LogP contribution in [0.2, 0.25) is 0 Å². The van der Waals surface area contributed by atoms with E-state index in [1.165, 1.54) is 10.4 Å². The van der Waals surface area contributed by atoms with E-state index in [-0.39, 0.29) is 5.41 Å². The smallest absolute Gasteiger partial charge is 0.138 e. The maximum Gasteiger partial charge on any atom is 0.138 e. The number of fused-ring (bicyclic) bond motifs is 1. The summed E-state index contributed by atoms with van der Waals surface area (Å²) in [5.74, 6) is 1.88. The second kappa shape index (κ2) is 6.89. The van der Waals surface area contributed by atoms with Crippen molar-refractivity contribution in [3.8, 4) is 0 Å². The molecule has 0 amide bonds. The fourth-order valence-corrected chi connectivity index (χ4v) is 3.54. The van der Waals surface area contributed by atoms with Crippen molar-refractivity contribution in [2.24, 2.45) is 0 Å². The van der Waals surface area contributed by atoms with E-state index in [1.54, 1.807) is 11.3 Å². The molecular formula is C20H25N3S. The molecule has 0 saturated heterocycles. The molecule has 126 valence electrons. The zero-order valence-corrected chi connectivity index (χ0v) is 15.7. The van der Waals surface area contributed by atoms with Gasteiger partial charge in [0.1, 0.15) is 16.5 Å². The van der Waals surface area contributed by atoms with Crippen molar-refractivity contribution in [3.63, 3.8) is 0 Å². The molecule has 1 aromatic carbocycles. The maximum atomic E-state index is 4.81. The van der Waals surface area contributed by atoms with Crippen molar-refractivity contribution in [1.82, 2.24) is 9.97 Å². The third-order valence-corrected chi connectivity index (χ3v) is 4.91. The number of aromatic nitrogens is 2. The molecule has 3 aromatic rings. The van der Waals surface area contributed by atoms with Gasteiger partial charge in [-0.25, -0.2) is 9.97 Å². The highest BCUT2D eigenvalue weighted by molar-refractivity contribution is 7.18. The summed E-state index contributed by atoms with van der Waals surface area (Å²) in [5.41, 5.74) is 1.33. The van der Waals surface area contributed by atoms with Gasteiger partial charge in [0, 0.05) is 16.8 Å². The summed E-state index contributed by atoms with van der Waals surface area (Å²) in [6, 6.07) is 12.8. The van der Waals surface area contributed by atoms with Crippen LogP contribution in [0, 0.1) is 6.92 Å². The summed E-state index contributed by atoms with van der Waals surface area (Å²) in [6.45, 7) is 9.53. The first kappa shape index (κ1) is 16.9. The summed E-state index contributed by atoms with van der Waals surface area (Å²) in [5, 5.41) is 4.68. The maximum absolute atomic E-state index is 4.81. The third kappa shape index (κ3) is 3.93. The average Bonchev–Trinajstić information content (AvgIpc) is 2.92. The van der Waals surface area contributed by atoms with E-state index in [2.05, 4.69) is 69.4 Å². The molecular weight excluding hydrogens is 314 g/mol. The van der Waals surface area contributed by atoms with E-state index >= 15 is 0 Å². The van der Waals surface area contributed by atoms with Gasteiger partial charge in [0.2, 0.25) is 0 Å². The van der Waals surface area contributed by atoms with Crippen LogP contribution < -0.4 is 5.32 Å². The molecule has 3 rings (SSSR count). The van der Waals surface area contributed by atoms with Gasteiger partial charge in [0.05, 0.1) is 5.39 Å². The Bertz CT molecular complexity index is 816. The number of nitrogens with zero attached hydrogens (tertiary/aromatic N) is 2. The van der Waals surface area contributed by atoms with Gasteiger partial charge in [-0.15, -0.1) is 11.3 Å². The molecule has 0 aliphatic heterocycles. The molecule has 3 nitrogen and oxygen atoms in total. The Balaban J connectivity index is 1.75. The molecule has 0 saturated carbocycles. The highest BCUT2D eigenvalue weighted by Crippen LogP contribution is 2.31. The van der Waals surface area contributed by atoms with E-state index in [9.17, 15) is 0 Å². The Morgan fingerprint density at radius 1 is 1.08 bits per heavy atom. The molecule has 4 heteroatoms. The summed E-state index contributed by atoms with van der Waals surface area (Å²) < 4.78 is 0. The van der Waals surface area contributed by atoms with Crippen LogP contribution in [0.1, 0.15) is 43.5 Å². The van der Waals surface area contributed by atoms with Gasteiger partial charge in [-0.2, -0.15) is 0 Å². The first-order chi connectivity index (χ1) is 11.4. The molecule has 2 aromatic heterocycles. The highest BCUT2D eigenvalue weighted by atomic mass is 32.1. The second-order valence-electron chi connectivity index (χ2n) is 7.24. The zero-order chi connectivity index (χ0) is 17.2. The lowest BCUT2D eigenvalue weighted by Gasteiger charge is -2.18. The fraction of sp³-hybridized carbons (Fsp3) is 0.400. The topological polar surface area (TPSA) is 37.8 Å². The molecule has 0 atom stereocenters. The van der Waals surface area contributed by atoms with Crippen molar-refractivity contribution < 1.29 is 0 Å². The number of rotatable bonds is 5. The number of thiophene rings is 1. The lowest BCUT2D eigenvalue weighted by Crippen LogP contribution is -2.17. The lowest BCUT2D eigenvalue weighted by atomic mass is 9.96. The SMILES string of the molecule is Cc1cc2c(NCCCc3ccccc3)nc(C(C)(C)C)nc2s1. The van der Waals surface area contributed by atoms with Gasteiger partial charge in [0.25, 0.3) is 0 Å². The quantitative estimate of drug-likeness (QED) is 0.637. The molecule has 1 N–H and O–H groups in total. The molecule has 0 radical (unpaired) electrons. The normalized spacial score (nSPS) is 11.8. The number of hydrogen-bond acceptors (Lipinski definition) is 4. The Hall–Kier alpha value is -1.94. The van der Waals surface area contributed by atoms with Crippen LogP contribution in [-0.2, 0) is 11.8 Å². The van der Waals surface area contributed by atoms with E-state index in [0.717, 1.165) is 41.2 Å². The van der Waals surface area contributed by atoms with Crippen molar-refractivity contribution in [1.29, 1.82) is 0 Å². The lowest BCUT2D eigenvalue weighted by molar-refractivity contribution is 0.549. The largest absolute Gasteiger partial charge is 0.369 e. The number of aryl methyl sites for hydroxylation is 2. The van der Waals surface area contributed by atoms with Gasteiger partial charge in [-0.1, -0.05) is 51.1 Å². The van der Waals surface area contributed by atoms with E-state index in [0.29, 0.717) is 0 Å². The minimum atomic E-state index is -0.0491. The van der Waals surface area contributed by atoms with Gasteiger partial charge >= 0.3 is 0 Å². The minimum Gasteiger partial charge on any atom is -0.369 e. The molecule has 0 fully saturated rings. The molecule has 24 heavy (non-hydrogen) atoms. The van der Waals surface area contributed by atoms with Crippen LogP contribution in [0.4, 0.5) is 5.82 Å². The van der Waals surface area contributed by atoms with Gasteiger partial charge in [0.15, 0.2) is 0 Å². The number of anilines is 1. The van der Waals surface area contributed by atoms with Crippen molar-refractivity contribution >= 4 is 27.4 Å². The molecule has 0 spiro atoms. The predicted octanol–water partition coefficient (Wildman–Crippen LogP) is 5.34. The van der Waals surface area contributed by atoms with Crippen LogP contribution in [0.25, 0.3) is 10.2 Å². The molecule has 0 unspecified atom stereocenters. The number of hydrogen-bond donors (Lipinski definition) is 1. The zero-order valence-electron chi connectivity index (χ0n) is 14.9. The standard InChI is InChI=1S/C20H25N3S/c1-14-13-16-17(21-12-8-11-15-9-6-5-7-10-15)22-19(20(2,3)4)23-18(16)24-14/h5-7,9-10,13H,8,11-12H2,1-4H3,(H,21,22,23). The first-order valence-electron chi connectivity index (χ1n) is 8.50. The Labute approximate surface area is 148 Å². The molecule has 0 bridgehead atoms. The minimum absolute atomic E-state index is 0.0491. The Kier molecular flexibility index (Phi) is 4.86. The molecule has 0 aliphatic rings. The Morgan fingerprint density at radius 3 is 2.54 bits per heavy atom. The summed E-state index contributed by atoms with van der Waals surface area (Å²) in [7, 11) is 0. The summed E-state index contributed by atoms with van der Waals surface area (Å²) >= 11 is 1.74. The van der Waals surface area contributed by atoms with Crippen molar-refractivity contribution in [3.05, 3.63) is 52.7 Å². The van der Waals surface area contributed by atoms with Crippen LogP contribution in [0.15, 0.2) is 36.4 Å². The van der Waals surface area contributed by atoms with Crippen LogP contribution >= 0.6 is 11.3 Å². The van der Waals surface area contributed by atoms with E-state index < -0.39 is 0 Å². The van der Waals surface area contributed by atoms with Crippen LogP contribution in [0.5, 0.6) is 0 Å². The predicted molar refractivity (Wildman–Crippen MR) is 104 cm³/mol. The summed E-state index contributed by atoms with van der Waals surface area (Å²) in [6.07, 6.45) is 2.17. The first-order valence-corrected chi connectivity index (χ1v) is 9.31. The second-order valence-corrected chi connectivity index (χ2v) is 8.47. The van der Waals surface area contributed by atoms with Crippen LogP contribution in [-0.4, -0.2) is 16.5 Å². The molecule has 2 heterocycles. The van der Waals surface area contributed by atoms with Gasteiger partial charge in [-0.3, -0.25) is 0 Å². The van der Waals surface area contributed by atoms with Crippen molar-refractivity contribution in [2.75, 3.05) is 11.9 Å². The van der Waals surface area contributed by atoms with Gasteiger partial charge in [-0.05, 0) is 31.4 Å². The summed E-state index contributed by atoms with van der Waals surface area (Å²) in [4.78, 5) is 11.9. The van der Waals surface area contributed by atoms with Crippen LogP contribution in [0.3, 0.4) is 0 Å². The monoisotopic (exact) mass is 339 g/mol. The molecule has 0 aliphatic carbocycles. The van der Waals surface area contributed by atoms with Crippen molar-refractivity contribution in [2.45, 2.75) is 46.0 Å². The fourth-order valence-electron chi connectivity index (χ4n) is 2.66. The number of benzene rings is 1. The number of nitrogens with one attached hydrogen (secondary N) is 1. The van der Waals surface area contributed by atoms with E-state index in [1.807, 2.05) is 0 Å².